The van der Waals surface area contributed by atoms with E-state index in [0.717, 1.165) is 28.5 Å². The van der Waals surface area contributed by atoms with E-state index in [1.165, 1.54) is 77.1 Å². The van der Waals surface area contributed by atoms with Gasteiger partial charge in [-0.1, -0.05) is 109 Å². The predicted octanol–water partition coefficient (Wildman–Crippen LogP) is 13.2. The van der Waals surface area contributed by atoms with Crippen molar-refractivity contribution in [1.29, 1.82) is 0 Å². The van der Waals surface area contributed by atoms with Gasteiger partial charge in [-0.3, -0.25) is 0 Å². The summed E-state index contributed by atoms with van der Waals surface area (Å²) in [5, 5.41) is 7.37. The maximum absolute atomic E-state index is 6.12. The van der Waals surface area contributed by atoms with E-state index in [1.807, 2.05) is 12.1 Å². The van der Waals surface area contributed by atoms with Crippen molar-refractivity contribution in [2.75, 3.05) is 0 Å². The molecule has 0 amide bonds. The highest BCUT2D eigenvalue weighted by molar-refractivity contribution is 6.12. The van der Waals surface area contributed by atoms with Gasteiger partial charge in [-0.05, 0) is 101 Å². The normalized spacial score (nSPS) is 11.9. The maximum atomic E-state index is 6.12. The van der Waals surface area contributed by atoms with Gasteiger partial charge in [-0.15, -0.1) is 0 Å². The Labute approximate surface area is 300 Å². The average molecular weight is 665 g/mol. The number of furan rings is 1. The molecule has 0 atom stereocenters. The van der Waals surface area contributed by atoms with Crippen LogP contribution in [0, 0.1) is 0 Å². The largest absolute Gasteiger partial charge is 0.456 e. The van der Waals surface area contributed by atoms with Gasteiger partial charge < -0.3 is 13.6 Å². The van der Waals surface area contributed by atoms with Gasteiger partial charge in [0, 0.05) is 55.6 Å². The first-order valence-corrected chi connectivity index (χ1v) is 17.9. The Balaban J connectivity index is 0.990. The van der Waals surface area contributed by atoms with Gasteiger partial charge in [0.15, 0.2) is 0 Å². The summed E-state index contributed by atoms with van der Waals surface area (Å²) < 4.78 is 11.0. The first-order chi connectivity index (χ1) is 25.8. The molecule has 0 aliphatic heterocycles. The van der Waals surface area contributed by atoms with Gasteiger partial charge in [0.25, 0.3) is 0 Å². The molecule has 11 aromatic rings. The van der Waals surface area contributed by atoms with Crippen LogP contribution in [0.1, 0.15) is 5.56 Å². The zero-order valence-corrected chi connectivity index (χ0v) is 28.3. The second-order valence-corrected chi connectivity index (χ2v) is 13.8. The van der Waals surface area contributed by atoms with Crippen LogP contribution in [0.3, 0.4) is 0 Å². The molecule has 3 aromatic heterocycles. The summed E-state index contributed by atoms with van der Waals surface area (Å²) in [6.07, 6.45) is 0. The zero-order valence-electron chi connectivity index (χ0n) is 28.3. The molecule has 0 saturated heterocycles. The van der Waals surface area contributed by atoms with E-state index in [4.69, 9.17) is 4.42 Å². The third kappa shape index (κ3) is 4.46. The van der Waals surface area contributed by atoms with Gasteiger partial charge in [-0.2, -0.15) is 0 Å². The van der Waals surface area contributed by atoms with Crippen LogP contribution in [-0.2, 0) is 6.54 Å². The molecule has 11 rings (SSSR count). The third-order valence-electron chi connectivity index (χ3n) is 10.8. The molecule has 0 aliphatic carbocycles. The summed E-state index contributed by atoms with van der Waals surface area (Å²) in [5.74, 6) is 0. The molecule has 244 valence electrons. The smallest absolute Gasteiger partial charge is 0.135 e. The summed E-state index contributed by atoms with van der Waals surface area (Å²) in [4.78, 5) is 0. The van der Waals surface area contributed by atoms with Crippen molar-refractivity contribution in [2.45, 2.75) is 6.54 Å². The number of nitrogens with zero attached hydrogens (tertiary/aromatic N) is 2. The molecule has 0 radical (unpaired) electrons. The Kier molecular flexibility index (Phi) is 6.31. The van der Waals surface area contributed by atoms with E-state index >= 15 is 0 Å². The lowest BCUT2D eigenvalue weighted by atomic mass is 10.0. The van der Waals surface area contributed by atoms with Crippen LogP contribution in [0.4, 0.5) is 0 Å². The summed E-state index contributed by atoms with van der Waals surface area (Å²) in [6, 6.07) is 65.9. The van der Waals surface area contributed by atoms with E-state index in [0.29, 0.717) is 0 Å². The first kappa shape index (κ1) is 28.9. The van der Waals surface area contributed by atoms with Crippen LogP contribution >= 0.6 is 0 Å². The average Bonchev–Trinajstić information content (AvgIpc) is 3.85. The summed E-state index contributed by atoms with van der Waals surface area (Å²) in [7, 11) is 0. The van der Waals surface area contributed by atoms with E-state index in [-0.39, 0.29) is 0 Å². The van der Waals surface area contributed by atoms with Crippen LogP contribution in [0.25, 0.3) is 93.5 Å². The minimum atomic E-state index is 0.778. The van der Waals surface area contributed by atoms with Crippen molar-refractivity contribution in [3.05, 3.63) is 188 Å². The van der Waals surface area contributed by atoms with Crippen molar-refractivity contribution in [2.24, 2.45) is 0 Å². The van der Waals surface area contributed by atoms with E-state index < -0.39 is 0 Å². The lowest BCUT2D eigenvalue weighted by Crippen LogP contribution is -1.99. The van der Waals surface area contributed by atoms with Crippen LogP contribution < -0.4 is 0 Å². The number of aromatic nitrogens is 2. The SMILES string of the molecule is c1ccc(-n2c3ccccc3c3cc(-c4cccc(Cn5c6ccccc6c6cc(-c7ccc8oc9ccccc9c8c7)ccc65)c4)ccc32)cc1. The molecular formula is C49H32N2O. The fraction of sp³-hybridized carbons (Fsp3) is 0.0204. The molecule has 0 N–H and O–H groups in total. The van der Waals surface area contributed by atoms with Crippen molar-refractivity contribution in [3.8, 4) is 27.9 Å². The van der Waals surface area contributed by atoms with E-state index in [2.05, 4.69) is 179 Å². The Morgan fingerprint density at radius 1 is 0.346 bits per heavy atom. The number of rotatable bonds is 5. The molecule has 0 fully saturated rings. The van der Waals surface area contributed by atoms with Crippen molar-refractivity contribution < 1.29 is 4.42 Å². The Hall–Kier alpha value is -6.84. The molecule has 0 bridgehead atoms. The van der Waals surface area contributed by atoms with Crippen molar-refractivity contribution >= 4 is 65.6 Å². The second-order valence-electron chi connectivity index (χ2n) is 13.8. The third-order valence-corrected chi connectivity index (χ3v) is 10.8. The van der Waals surface area contributed by atoms with Crippen LogP contribution in [-0.4, -0.2) is 9.13 Å². The monoisotopic (exact) mass is 664 g/mol. The summed E-state index contributed by atoms with van der Waals surface area (Å²) in [5.41, 5.74) is 14.0. The minimum absolute atomic E-state index is 0.778. The number of para-hydroxylation sites is 4. The number of benzene rings is 8. The minimum Gasteiger partial charge on any atom is -0.456 e. The Morgan fingerprint density at radius 3 is 1.69 bits per heavy atom. The maximum Gasteiger partial charge on any atom is 0.135 e. The molecule has 3 heterocycles. The molecule has 0 saturated carbocycles. The Bertz CT molecular complexity index is 3160. The topological polar surface area (TPSA) is 23.0 Å². The van der Waals surface area contributed by atoms with E-state index in [9.17, 15) is 0 Å². The van der Waals surface area contributed by atoms with Crippen LogP contribution in [0.15, 0.2) is 186 Å². The highest BCUT2D eigenvalue weighted by Gasteiger charge is 2.16. The van der Waals surface area contributed by atoms with Gasteiger partial charge in [-0.25, -0.2) is 0 Å². The molecule has 0 unspecified atom stereocenters. The fourth-order valence-electron chi connectivity index (χ4n) is 8.35. The number of fused-ring (bicyclic) bond motifs is 9. The number of hydrogen-bond acceptors (Lipinski definition) is 1. The quantitative estimate of drug-likeness (QED) is 0.180. The second kappa shape index (κ2) is 11.3. The molecule has 0 spiro atoms. The summed E-state index contributed by atoms with van der Waals surface area (Å²) >= 11 is 0. The highest BCUT2D eigenvalue weighted by Crippen LogP contribution is 2.38. The zero-order chi connectivity index (χ0) is 34.2. The molecule has 3 nitrogen and oxygen atoms in total. The van der Waals surface area contributed by atoms with Crippen molar-refractivity contribution in [1.82, 2.24) is 9.13 Å². The van der Waals surface area contributed by atoms with Gasteiger partial charge in [0.1, 0.15) is 11.2 Å². The fourth-order valence-corrected chi connectivity index (χ4v) is 8.35. The van der Waals surface area contributed by atoms with Crippen LogP contribution in [0.5, 0.6) is 0 Å². The Morgan fingerprint density at radius 2 is 0.885 bits per heavy atom. The lowest BCUT2D eigenvalue weighted by Gasteiger charge is -2.11. The first-order valence-electron chi connectivity index (χ1n) is 17.9. The molecule has 8 aromatic carbocycles. The standard InChI is InChI=1S/C49H32N2O/c1-2-13-37(14-3-1)51-46-19-8-5-16-39(46)42-29-34(22-25-47(42)51)33-12-10-11-32(27-33)31-50-44-18-7-4-15-38(44)41-28-35(21-24-45(41)50)36-23-26-49-43(30-36)40-17-6-9-20-48(40)52-49/h1-30H,31H2. The van der Waals surface area contributed by atoms with Crippen LogP contribution in [0.2, 0.25) is 0 Å². The predicted molar refractivity (Wildman–Crippen MR) is 217 cm³/mol. The van der Waals surface area contributed by atoms with Gasteiger partial charge in [0.2, 0.25) is 0 Å². The summed E-state index contributed by atoms with van der Waals surface area (Å²) in [6.45, 7) is 0.778. The highest BCUT2D eigenvalue weighted by atomic mass is 16.3. The van der Waals surface area contributed by atoms with Crippen molar-refractivity contribution in [3.63, 3.8) is 0 Å². The molecule has 3 heteroatoms. The van der Waals surface area contributed by atoms with E-state index in [1.54, 1.807) is 0 Å². The van der Waals surface area contributed by atoms with Gasteiger partial charge >= 0.3 is 0 Å². The molecule has 0 aliphatic rings. The van der Waals surface area contributed by atoms with Gasteiger partial charge in [0.05, 0.1) is 11.0 Å². The lowest BCUT2D eigenvalue weighted by molar-refractivity contribution is 0.669. The molecular weight excluding hydrogens is 633 g/mol. The molecule has 52 heavy (non-hydrogen) atoms. The number of hydrogen-bond donors (Lipinski definition) is 0.